The number of amides is 3. The number of anilines is 1. The predicted octanol–water partition coefficient (Wildman–Crippen LogP) is 2.25. The molecule has 0 radical (unpaired) electrons. The van der Waals surface area contributed by atoms with Gasteiger partial charge in [0.25, 0.3) is 0 Å². The molecule has 0 saturated carbocycles. The highest BCUT2D eigenvalue weighted by Crippen LogP contribution is 2.23. The second-order valence-electron chi connectivity index (χ2n) is 4.23. The van der Waals surface area contributed by atoms with Crippen LogP contribution < -0.4 is 10.2 Å². The van der Waals surface area contributed by atoms with Crippen molar-refractivity contribution in [3.05, 3.63) is 29.3 Å². The lowest BCUT2D eigenvalue weighted by atomic mass is 10.1. The molecule has 1 aliphatic heterocycles. The van der Waals surface area contributed by atoms with Crippen LogP contribution in [0, 0.1) is 6.92 Å². The Hall–Kier alpha value is -1.84. The van der Waals surface area contributed by atoms with E-state index in [1.54, 1.807) is 4.90 Å². The molecule has 0 atom stereocenters. The maximum absolute atomic E-state index is 11.7. The lowest BCUT2D eigenvalue weighted by Gasteiger charge is -2.28. The number of imide groups is 1. The van der Waals surface area contributed by atoms with E-state index in [0.29, 0.717) is 13.0 Å². The predicted molar refractivity (Wildman–Crippen MR) is 68.2 cm³/mol. The van der Waals surface area contributed by atoms with Crippen molar-refractivity contribution in [3.8, 4) is 0 Å². The quantitative estimate of drug-likeness (QED) is 0.853. The number of carbonyl (C=O) groups is 2. The van der Waals surface area contributed by atoms with Gasteiger partial charge in [-0.2, -0.15) is 0 Å². The van der Waals surface area contributed by atoms with Crippen molar-refractivity contribution in [2.75, 3.05) is 11.4 Å². The summed E-state index contributed by atoms with van der Waals surface area (Å²) in [7, 11) is 0. The molecule has 92 valence electrons. The summed E-state index contributed by atoms with van der Waals surface area (Å²) in [5.74, 6) is -0.200. The van der Waals surface area contributed by atoms with Gasteiger partial charge in [0.15, 0.2) is 0 Å². The minimum Gasteiger partial charge on any atom is -0.293 e. The zero-order valence-electron chi connectivity index (χ0n) is 10.1. The first kappa shape index (κ1) is 11.6. The number of hydrogen-bond donors (Lipinski definition) is 1. The summed E-state index contributed by atoms with van der Waals surface area (Å²) in [4.78, 5) is 24.4. The fourth-order valence-corrected chi connectivity index (χ4v) is 2.03. The highest BCUT2D eigenvalue weighted by molar-refractivity contribution is 6.05. The Morgan fingerprint density at radius 2 is 2.18 bits per heavy atom. The van der Waals surface area contributed by atoms with E-state index in [4.69, 9.17) is 0 Å². The zero-order valence-corrected chi connectivity index (χ0v) is 10.1. The van der Waals surface area contributed by atoms with Gasteiger partial charge in [-0.3, -0.25) is 15.0 Å². The Balaban J connectivity index is 0.00000162. The van der Waals surface area contributed by atoms with E-state index in [1.165, 1.54) is 5.56 Å². The standard InChI is InChI=1S/C13H16N2O2.H2/c1-3-10-4-5-11(9(2)8-10)15-7-6-12(16)14-13(15)17;/h4-5,8H,3,6-7H2,1-2H3,(H,14,16,17);1H. The molecule has 0 aliphatic carbocycles. The van der Waals surface area contributed by atoms with Gasteiger partial charge >= 0.3 is 6.03 Å². The molecule has 1 heterocycles. The van der Waals surface area contributed by atoms with E-state index in [2.05, 4.69) is 18.3 Å². The highest BCUT2D eigenvalue weighted by atomic mass is 16.2. The normalized spacial score (nSPS) is 16.0. The second kappa shape index (κ2) is 4.57. The van der Waals surface area contributed by atoms with Gasteiger partial charge in [0.1, 0.15) is 0 Å². The van der Waals surface area contributed by atoms with Crippen molar-refractivity contribution in [1.82, 2.24) is 5.32 Å². The van der Waals surface area contributed by atoms with Crippen LogP contribution in [0.15, 0.2) is 18.2 Å². The maximum atomic E-state index is 11.7. The highest BCUT2D eigenvalue weighted by Gasteiger charge is 2.24. The molecular formula is C13H18N2O2. The average Bonchev–Trinajstić information content (AvgIpc) is 2.30. The first-order valence-corrected chi connectivity index (χ1v) is 5.82. The Morgan fingerprint density at radius 1 is 1.41 bits per heavy atom. The van der Waals surface area contributed by atoms with E-state index in [-0.39, 0.29) is 13.4 Å². The number of carbonyl (C=O) groups excluding carboxylic acids is 2. The minimum absolute atomic E-state index is 0. The molecule has 4 heteroatoms. The van der Waals surface area contributed by atoms with Gasteiger partial charge in [-0.1, -0.05) is 19.1 Å². The summed E-state index contributed by atoms with van der Waals surface area (Å²) in [5.41, 5.74) is 3.20. The van der Waals surface area contributed by atoms with Crippen LogP contribution in [0.4, 0.5) is 10.5 Å². The van der Waals surface area contributed by atoms with E-state index in [9.17, 15) is 9.59 Å². The SMILES string of the molecule is CCc1ccc(N2CCC(=O)NC2=O)c(C)c1.[HH]. The topological polar surface area (TPSA) is 49.4 Å². The molecule has 2 rings (SSSR count). The number of urea groups is 1. The van der Waals surface area contributed by atoms with Crippen LogP contribution in [0.25, 0.3) is 0 Å². The lowest BCUT2D eigenvalue weighted by Crippen LogP contribution is -2.49. The largest absolute Gasteiger partial charge is 0.328 e. The first-order chi connectivity index (χ1) is 8.11. The molecule has 17 heavy (non-hydrogen) atoms. The Bertz CT molecular complexity index is 474. The van der Waals surface area contributed by atoms with Crippen LogP contribution >= 0.6 is 0 Å². The monoisotopic (exact) mass is 234 g/mol. The molecule has 0 unspecified atom stereocenters. The van der Waals surface area contributed by atoms with Crippen molar-refractivity contribution < 1.29 is 11.0 Å². The lowest BCUT2D eigenvalue weighted by molar-refractivity contribution is -0.120. The third kappa shape index (κ3) is 2.30. The molecule has 3 amide bonds. The Morgan fingerprint density at radius 3 is 2.76 bits per heavy atom. The van der Waals surface area contributed by atoms with Gasteiger partial charge in [0.05, 0.1) is 0 Å². The summed E-state index contributed by atoms with van der Waals surface area (Å²) in [6, 6.07) is 5.72. The van der Waals surface area contributed by atoms with Gasteiger partial charge < -0.3 is 0 Å². The van der Waals surface area contributed by atoms with Crippen molar-refractivity contribution in [1.29, 1.82) is 0 Å². The summed E-state index contributed by atoms with van der Waals surface area (Å²) in [5, 5.41) is 2.33. The van der Waals surface area contributed by atoms with Crippen LogP contribution in [0.1, 0.15) is 25.9 Å². The van der Waals surface area contributed by atoms with Gasteiger partial charge in [-0.05, 0) is 30.5 Å². The van der Waals surface area contributed by atoms with Crippen LogP contribution in [0.2, 0.25) is 0 Å². The number of nitrogens with one attached hydrogen (secondary N) is 1. The summed E-state index contributed by atoms with van der Waals surface area (Å²) in [6.45, 7) is 4.54. The van der Waals surface area contributed by atoms with E-state index in [0.717, 1.165) is 17.7 Å². The fraction of sp³-hybridized carbons (Fsp3) is 0.385. The number of rotatable bonds is 2. The molecule has 1 N–H and O–H groups in total. The fourth-order valence-electron chi connectivity index (χ4n) is 2.03. The smallest absolute Gasteiger partial charge is 0.293 e. The van der Waals surface area contributed by atoms with Crippen molar-refractivity contribution in [2.45, 2.75) is 26.7 Å². The van der Waals surface area contributed by atoms with E-state index < -0.39 is 0 Å². The molecular weight excluding hydrogens is 216 g/mol. The number of hydrogen-bond acceptors (Lipinski definition) is 2. The maximum Gasteiger partial charge on any atom is 0.328 e. The molecule has 0 bridgehead atoms. The van der Waals surface area contributed by atoms with E-state index >= 15 is 0 Å². The molecule has 0 spiro atoms. The molecule has 1 saturated heterocycles. The van der Waals surface area contributed by atoms with Crippen LogP contribution in [0.5, 0.6) is 0 Å². The molecule has 1 aromatic rings. The molecule has 0 aromatic heterocycles. The second-order valence-corrected chi connectivity index (χ2v) is 4.23. The molecule has 1 aromatic carbocycles. The summed E-state index contributed by atoms with van der Waals surface area (Å²) >= 11 is 0. The minimum atomic E-state index is -0.325. The number of aryl methyl sites for hydroxylation is 2. The van der Waals surface area contributed by atoms with Crippen molar-refractivity contribution in [3.63, 3.8) is 0 Å². The average molecular weight is 234 g/mol. The number of nitrogens with zero attached hydrogens (tertiary/aromatic N) is 1. The van der Waals surface area contributed by atoms with Crippen LogP contribution in [-0.2, 0) is 11.2 Å². The van der Waals surface area contributed by atoms with Crippen LogP contribution in [-0.4, -0.2) is 18.5 Å². The van der Waals surface area contributed by atoms with Gasteiger partial charge in [-0.25, -0.2) is 4.79 Å². The summed E-state index contributed by atoms with van der Waals surface area (Å²) in [6.07, 6.45) is 1.34. The summed E-state index contributed by atoms with van der Waals surface area (Å²) < 4.78 is 0. The first-order valence-electron chi connectivity index (χ1n) is 5.82. The van der Waals surface area contributed by atoms with Gasteiger partial charge in [-0.15, -0.1) is 0 Å². The van der Waals surface area contributed by atoms with Gasteiger partial charge in [0.2, 0.25) is 5.91 Å². The number of benzene rings is 1. The molecule has 1 aliphatic rings. The third-order valence-electron chi connectivity index (χ3n) is 3.01. The Kier molecular flexibility index (Phi) is 3.13. The van der Waals surface area contributed by atoms with Crippen molar-refractivity contribution in [2.24, 2.45) is 0 Å². The van der Waals surface area contributed by atoms with Crippen LogP contribution in [0.3, 0.4) is 0 Å². The molecule has 1 fully saturated rings. The van der Waals surface area contributed by atoms with Gasteiger partial charge in [0, 0.05) is 20.1 Å². The van der Waals surface area contributed by atoms with Crippen molar-refractivity contribution >= 4 is 17.6 Å². The Labute approximate surface area is 102 Å². The molecule has 4 nitrogen and oxygen atoms in total. The third-order valence-corrected chi connectivity index (χ3v) is 3.01. The zero-order chi connectivity index (χ0) is 12.4. The van der Waals surface area contributed by atoms with E-state index in [1.807, 2.05) is 19.1 Å².